The highest BCUT2D eigenvalue weighted by molar-refractivity contribution is 7.92. The molecule has 0 spiro atoms. The first-order chi connectivity index (χ1) is 14.6. The third-order valence-electron chi connectivity index (χ3n) is 4.63. The van der Waals surface area contributed by atoms with Gasteiger partial charge in [-0.15, -0.1) is 0 Å². The number of nitrogens with zero attached hydrogens (tertiary/aromatic N) is 3. The van der Waals surface area contributed by atoms with Crippen LogP contribution in [0.4, 0.5) is 5.69 Å². The van der Waals surface area contributed by atoms with Crippen molar-refractivity contribution in [2.24, 2.45) is 0 Å². The highest BCUT2D eigenvalue weighted by Crippen LogP contribution is 2.32. The molecule has 0 aliphatic carbocycles. The SMILES string of the molecule is CCCS(=O)(=O)Nc1ccc(-c2cn(-c3ccccc3)nc2-c2ccncc2)cc1. The summed E-state index contributed by atoms with van der Waals surface area (Å²) >= 11 is 0. The fourth-order valence-corrected chi connectivity index (χ4v) is 4.37. The van der Waals surface area contributed by atoms with Crippen LogP contribution in [0.15, 0.2) is 85.3 Å². The molecule has 0 unspecified atom stereocenters. The van der Waals surface area contributed by atoms with Crippen LogP contribution in [0.1, 0.15) is 13.3 Å². The summed E-state index contributed by atoms with van der Waals surface area (Å²) in [6.07, 6.45) is 6.04. The highest BCUT2D eigenvalue weighted by Gasteiger charge is 2.15. The van der Waals surface area contributed by atoms with Crippen LogP contribution in [-0.4, -0.2) is 28.9 Å². The minimum Gasteiger partial charge on any atom is -0.284 e. The van der Waals surface area contributed by atoms with Gasteiger partial charge in [-0.05, 0) is 48.4 Å². The lowest BCUT2D eigenvalue weighted by Gasteiger charge is -2.08. The molecule has 0 amide bonds. The van der Waals surface area contributed by atoms with Crippen LogP contribution in [-0.2, 0) is 10.0 Å². The van der Waals surface area contributed by atoms with Crippen molar-refractivity contribution in [3.63, 3.8) is 0 Å². The van der Waals surface area contributed by atoms with Gasteiger partial charge >= 0.3 is 0 Å². The van der Waals surface area contributed by atoms with E-state index in [0.717, 1.165) is 28.1 Å². The topological polar surface area (TPSA) is 76.9 Å². The van der Waals surface area contributed by atoms with Crippen molar-refractivity contribution in [2.75, 3.05) is 10.5 Å². The number of para-hydroxylation sites is 1. The van der Waals surface area contributed by atoms with Gasteiger partial charge in [0.1, 0.15) is 5.69 Å². The molecule has 1 N–H and O–H groups in total. The van der Waals surface area contributed by atoms with Gasteiger partial charge in [-0.25, -0.2) is 13.1 Å². The minimum absolute atomic E-state index is 0.102. The van der Waals surface area contributed by atoms with Crippen molar-refractivity contribution in [3.8, 4) is 28.1 Å². The fourth-order valence-electron chi connectivity index (χ4n) is 3.24. The average Bonchev–Trinajstić information content (AvgIpc) is 3.21. The van der Waals surface area contributed by atoms with E-state index in [4.69, 9.17) is 5.10 Å². The quantitative estimate of drug-likeness (QED) is 0.470. The van der Waals surface area contributed by atoms with Crippen LogP contribution < -0.4 is 4.72 Å². The smallest absolute Gasteiger partial charge is 0.232 e. The maximum absolute atomic E-state index is 12.0. The number of aromatic nitrogens is 3. The number of anilines is 1. The Morgan fingerprint density at radius 1 is 0.900 bits per heavy atom. The number of hydrogen-bond donors (Lipinski definition) is 1. The van der Waals surface area contributed by atoms with Gasteiger partial charge in [0.15, 0.2) is 0 Å². The lowest BCUT2D eigenvalue weighted by atomic mass is 10.0. The van der Waals surface area contributed by atoms with Crippen LogP contribution in [0.3, 0.4) is 0 Å². The van der Waals surface area contributed by atoms with Crippen molar-refractivity contribution in [2.45, 2.75) is 13.3 Å². The van der Waals surface area contributed by atoms with E-state index in [0.29, 0.717) is 12.1 Å². The van der Waals surface area contributed by atoms with Crippen molar-refractivity contribution in [1.29, 1.82) is 0 Å². The second-order valence-corrected chi connectivity index (χ2v) is 8.75. The summed E-state index contributed by atoms with van der Waals surface area (Å²) in [5.41, 5.74) is 5.20. The zero-order valence-electron chi connectivity index (χ0n) is 16.6. The van der Waals surface area contributed by atoms with Crippen LogP contribution >= 0.6 is 0 Å². The molecule has 0 saturated heterocycles. The van der Waals surface area contributed by atoms with Crippen LogP contribution in [0.2, 0.25) is 0 Å². The first kappa shape index (κ1) is 19.8. The molecule has 0 saturated carbocycles. The zero-order chi connectivity index (χ0) is 21.0. The van der Waals surface area contributed by atoms with Gasteiger partial charge in [0, 0.05) is 35.4 Å². The molecule has 0 aliphatic heterocycles. The van der Waals surface area contributed by atoms with Gasteiger partial charge in [0.25, 0.3) is 0 Å². The van der Waals surface area contributed by atoms with Gasteiger partial charge in [-0.1, -0.05) is 37.3 Å². The molecular formula is C23H22N4O2S. The summed E-state index contributed by atoms with van der Waals surface area (Å²) < 4.78 is 28.5. The van der Waals surface area contributed by atoms with Gasteiger partial charge in [-0.2, -0.15) is 5.10 Å². The second-order valence-electron chi connectivity index (χ2n) is 6.91. The first-order valence-electron chi connectivity index (χ1n) is 9.72. The largest absolute Gasteiger partial charge is 0.284 e. The van der Waals surface area contributed by atoms with Crippen molar-refractivity contribution >= 4 is 15.7 Å². The molecule has 2 aromatic heterocycles. The van der Waals surface area contributed by atoms with Crippen molar-refractivity contribution in [3.05, 3.63) is 85.3 Å². The Bertz CT molecular complexity index is 1220. The predicted octanol–water partition coefficient (Wildman–Crippen LogP) is 4.75. The normalized spacial score (nSPS) is 11.4. The monoisotopic (exact) mass is 418 g/mol. The molecule has 0 bridgehead atoms. The van der Waals surface area contributed by atoms with E-state index in [-0.39, 0.29) is 5.75 Å². The molecule has 0 atom stereocenters. The molecule has 152 valence electrons. The van der Waals surface area contributed by atoms with Gasteiger partial charge < -0.3 is 0 Å². The van der Waals surface area contributed by atoms with E-state index >= 15 is 0 Å². The standard InChI is InChI=1S/C23H22N4O2S/c1-2-16-30(28,29)26-20-10-8-18(9-11-20)22-17-27(21-6-4-3-5-7-21)25-23(22)19-12-14-24-15-13-19/h3-15,17,26H,2,16H2,1H3. The second kappa shape index (κ2) is 8.51. The van der Waals surface area contributed by atoms with E-state index in [1.807, 2.05) is 72.4 Å². The van der Waals surface area contributed by atoms with Crippen LogP contribution in [0, 0.1) is 0 Å². The number of nitrogens with one attached hydrogen (secondary N) is 1. The molecular weight excluding hydrogens is 396 g/mol. The Hall–Kier alpha value is -3.45. The Labute approximate surface area is 176 Å². The first-order valence-corrected chi connectivity index (χ1v) is 11.4. The van der Waals surface area contributed by atoms with Crippen molar-refractivity contribution in [1.82, 2.24) is 14.8 Å². The summed E-state index contributed by atoms with van der Waals surface area (Å²) in [5.74, 6) is 0.102. The predicted molar refractivity (Wildman–Crippen MR) is 120 cm³/mol. The van der Waals surface area contributed by atoms with E-state index in [1.165, 1.54) is 0 Å². The number of rotatable bonds is 7. The molecule has 30 heavy (non-hydrogen) atoms. The number of hydrogen-bond acceptors (Lipinski definition) is 4. The summed E-state index contributed by atoms with van der Waals surface area (Å²) in [4.78, 5) is 4.10. The summed E-state index contributed by atoms with van der Waals surface area (Å²) in [6.45, 7) is 1.84. The number of sulfonamides is 1. The summed E-state index contributed by atoms with van der Waals surface area (Å²) in [7, 11) is -3.32. The maximum atomic E-state index is 12.0. The molecule has 2 aromatic carbocycles. The summed E-state index contributed by atoms with van der Waals surface area (Å²) in [6, 6.07) is 21.1. The van der Waals surface area contributed by atoms with Crippen molar-refractivity contribution < 1.29 is 8.42 Å². The van der Waals surface area contributed by atoms with E-state index in [1.54, 1.807) is 24.5 Å². The molecule has 0 radical (unpaired) electrons. The Morgan fingerprint density at radius 3 is 2.27 bits per heavy atom. The van der Waals surface area contributed by atoms with Gasteiger partial charge in [0.2, 0.25) is 10.0 Å². The Balaban J connectivity index is 1.73. The minimum atomic E-state index is -3.32. The summed E-state index contributed by atoms with van der Waals surface area (Å²) in [5, 5.41) is 4.81. The molecule has 6 nitrogen and oxygen atoms in total. The molecule has 4 aromatic rings. The van der Waals surface area contributed by atoms with E-state index in [2.05, 4.69) is 9.71 Å². The fraction of sp³-hybridized carbons (Fsp3) is 0.130. The number of benzene rings is 2. The third-order valence-corrected chi connectivity index (χ3v) is 6.12. The van der Waals surface area contributed by atoms with E-state index < -0.39 is 10.0 Å². The lowest BCUT2D eigenvalue weighted by Crippen LogP contribution is -2.15. The Morgan fingerprint density at radius 2 is 1.60 bits per heavy atom. The maximum Gasteiger partial charge on any atom is 0.232 e. The lowest BCUT2D eigenvalue weighted by molar-refractivity contribution is 0.600. The third kappa shape index (κ3) is 4.41. The van der Waals surface area contributed by atoms with Crippen LogP contribution in [0.5, 0.6) is 0 Å². The molecule has 7 heteroatoms. The Kier molecular flexibility index (Phi) is 5.63. The van der Waals surface area contributed by atoms with Gasteiger partial charge in [-0.3, -0.25) is 9.71 Å². The average molecular weight is 419 g/mol. The molecule has 2 heterocycles. The molecule has 0 fully saturated rings. The number of pyridine rings is 1. The van der Waals surface area contributed by atoms with Crippen LogP contribution in [0.25, 0.3) is 28.1 Å². The molecule has 0 aliphatic rings. The van der Waals surface area contributed by atoms with E-state index in [9.17, 15) is 8.42 Å². The van der Waals surface area contributed by atoms with Gasteiger partial charge in [0.05, 0.1) is 11.4 Å². The highest BCUT2D eigenvalue weighted by atomic mass is 32.2. The molecule has 4 rings (SSSR count). The zero-order valence-corrected chi connectivity index (χ0v) is 17.4.